The normalized spacial score (nSPS) is 17.2. The summed E-state index contributed by atoms with van der Waals surface area (Å²) in [6.07, 6.45) is 3.64. The maximum Gasteiger partial charge on any atom is 0.334 e. The van der Waals surface area contributed by atoms with Crippen LogP contribution >= 0.6 is 11.6 Å². The van der Waals surface area contributed by atoms with Crippen molar-refractivity contribution in [1.82, 2.24) is 34.7 Å². The van der Waals surface area contributed by atoms with E-state index < -0.39 is 18.0 Å². The van der Waals surface area contributed by atoms with Gasteiger partial charge < -0.3 is 10.6 Å². The van der Waals surface area contributed by atoms with Crippen molar-refractivity contribution in [3.63, 3.8) is 0 Å². The minimum absolute atomic E-state index is 0.108. The van der Waals surface area contributed by atoms with Gasteiger partial charge in [-0.05, 0) is 49.8 Å². The molecule has 2 N–H and O–H groups in total. The summed E-state index contributed by atoms with van der Waals surface area (Å²) >= 11 is 5.88. The number of rotatable bonds is 7. The second kappa shape index (κ2) is 11.5. The number of carbonyl (C=O) groups excluding carboxylic acids is 2. The van der Waals surface area contributed by atoms with Gasteiger partial charge in [-0.15, -0.1) is 0 Å². The Kier molecular flexibility index (Phi) is 7.88. The molecule has 0 aliphatic heterocycles. The van der Waals surface area contributed by atoms with Gasteiger partial charge in [-0.2, -0.15) is 0 Å². The number of hydrogen-bond acceptors (Lipinski definition) is 6. The summed E-state index contributed by atoms with van der Waals surface area (Å²) in [6, 6.07) is 8.39. The van der Waals surface area contributed by atoms with Crippen molar-refractivity contribution in [2.75, 3.05) is 7.05 Å². The van der Waals surface area contributed by atoms with E-state index in [-0.39, 0.29) is 39.8 Å². The van der Waals surface area contributed by atoms with E-state index in [1.165, 1.54) is 30.1 Å². The van der Waals surface area contributed by atoms with Crippen LogP contribution < -0.4 is 16.3 Å². The fourth-order valence-corrected chi connectivity index (χ4v) is 5.26. The van der Waals surface area contributed by atoms with Gasteiger partial charge in [0.05, 0.1) is 34.0 Å². The molecular formula is C27H26ClF2N7O3. The van der Waals surface area contributed by atoms with Gasteiger partial charge >= 0.3 is 5.69 Å². The van der Waals surface area contributed by atoms with E-state index in [4.69, 9.17) is 11.6 Å². The molecule has 2 amide bonds. The van der Waals surface area contributed by atoms with Crippen molar-refractivity contribution >= 4 is 34.4 Å². The van der Waals surface area contributed by atoms with Gasteiger partial charge in [-0.3, -0.25) is 19.1 Å². The number of nitrogens with zero attached hydrogens (tertiary/aromatic N) is 5. The van der Waals surface area contributed by atoms with Crippen molar-refractivity contribution in [3.05, 3.63) is 81.4 Å². The second-order valence-corrected chi connectivity index (χ2v) is 10.1. The average molecular weight is 570 g/mol. The van der Waals surface area contributed by atoms with E-state index in [0.29, 0.717) is 30.7 Å². The minimum Gasteiger partial charge on any atom is -0.354 e. The van der Waals surface area contributed by atoms with E-state index in [9.17, 15) is 23.2 Å². The van der Waals surface area contributed by atoms with Crippen LogP contribution in [0.2, 0.25) is 5.02 Å². The molecule has 3 aromatic heterocycles. The summed E-state index contributed by atoms with van der Waals surface area (Å²) in [5.74, 6) is -0.537. The van der Waals surface area contributed by atoms with E-state index in [0.717, 1.165) is 24.6 Å². The standard InChI is InChI=1S/C27H26ClF2N7O3/c1-31-26(39)19-12-33-22(13-32-19)37-21-5-3-2-4-20(21)36(27(37)40)14-15-6-8-17(9-7-15)35-25(38)18-10-16(28)11-34-23(18)24(29)30/h2-5,10-13,15,17,24H,6-9,14H2,1H3,(H,31,39)(H,35,38). The molecule has 3 heterocycles. The molecule has 5 rings (SSSR count). The fraction of sp³-hybridized carbons (Fsp3) is 0.333. The summed E-state index contributed by atoms with van der Waals surface area (Å²) in [7, 11) is 1.50. The number of fused-ring (bicyclic) bond motifs is 1. The molecule has 13 heteroatoms. The number of carbonyl (C=O) groups is 2. The number of para-hydroxylation sites is 2. The predicted molar refractivity (Wildman–Crippen MR) is 144 cm³/mol. The van der Waals surface area contributed by atoms with E-state index in [1.54, 1.807) is 4.57 Å². The molecule has 1 aliphatic carbocycles. The first-order valence-electron chi connectivity index (χ1n) is 12.8. The lowest BCUT2D eigenvalue weighted by Crippen LogP contribution is -2.39. The number of benzene rings is 1. The number of hydrogen-bond donors (Lipinski definition) is 2. The Morgan fingerprint density at radius 1 is 1.02 bits per heavy atom. The number of imidazole rings is 1. The third-order valence-corrected chi connectivity index (χ3v) is 7.33. The highest BCUT2D eigenvalue weighted by Gasteiger charge is 2.27. The number of nitrogens with one attached hydrogen (secondary N) is 2. The zero-order valence-corrected chi connectivity index (χ0v) is 22.2. The van der Waals surface area contributed by atoms with Crippen LogP contribution in [-0.2, 0) is 6.54 Å². The Bertz CT molecular complexity index is 1610. The highest BCUT2D eigenvalue weighted by Crippen LogP contribution is 2.28. The molecule has 1 aromatic carbocycles. The molecule has 10 nitrogen and oxygen atoms in total. The summed E-state index contributed by atoms with van der Waals surface area (Å²) < 4.78 is 29.9. The van der Waals surface area contributed by atoms with Gasteiger partial charge in [0, 0.05) is 25.8 Å². The Morgan fingerprint density at radius 2 is 1.75 bits per heavy atom. The van der Waals surface area contributed by atoms with Crippen LogP contribution in [0.3, 0.4) is 0 Å². The summed E-state index contributed by atoms with van der Waals surface area (Å²) in [6.45, 7) is 0.463. The highest BCUT2D eigenvalue weighted by atomic mass is 35.5. The molecule has 40 heavy (non-hydrogen) atoms. The quantitative estimate of drug-likeness (QED) is 0.348. The van der Waals surface area contributed by atoms with Crippen molar-refractivity contribution in [2.45, 2.75) is 44.7 Å². The maximum atomic E-state index is 13.6. The maximum absolute atomic E-state index is 13.6. The van der Waals surface area contributed by atoms with Gasteiger partial charge in [0.15, 0.2) is 5.82 Å². The van der Waals surface area contributed by atoms with Gasteiger partial charge in [0.25, 0.3) is 18.2 Å². The molecule has 0 radical (unpaired) electrons. The van der Waals surface area contributed by atoms with Crippen LogP contribution in [0, 0.1) is 5.92 Å². The Morgan fingerprint density at radius 3 is 2.40 bits per heavy atom. The van der Waals surface area contributed by atoms with Crippen LogP contribution in [0.25, 0.3) is 16.9 Å². The van der Waals surface area contributed by atoms with Crippen molar-refractivity contribution in [3.8, 4) is 5.82 Å². The number of halogens is 3. The zero-order chi connectivity index (χ0) is 28.4. The minimum atomic E-state index is -2.89. The van der Waals surface area contributed by atoms with Crippen LogP contribution in [0.1, 0.15) is 58.6 Å². The highest BCUT2D eigenvalue weighted by molar-refractivity contribution is 6.30. The lowest BCUT2D eigenvalue weighted by Gasteiger charge is -2.29. The lowest BCUT2D eigenvalue weighted by atomic mass is 9.85. The molecule has 1 aliphatic rings. The molecule has 0 spiro atoms. The predicted octanol–water partition coefficient (Wildman–Crippen LogP) is 3.92. The lowest BCUT2D eigenvalue weighted by molar-refractivity contribution is 0.0903. The van der Waals surface area contributed by atoms with Crippen molar-refractivity contribution in [2.24, 2.45) is 5.92 Å². The molecule has 4 aromatic rings. The summed E-state index contributed by atoms with van der Waals surface area (Å²) in [5, 5.41) is 5.43. The monoisotopic (exact) mass is 569 g/mol. The Balaban J connectivity index is 1.30. The molecule has 1 saturated carbocycles. The van der Waals surface area contributed by atoms with E-state index in [2.05, 4.69) is 25.6 Å². The van der Waals surface area contributed by atoms with Crippen molar-refractivity contribution in [1.29, 1.82) is 0 Å². The first-order chi connectivity index (χ1) is 19.3. The average Bonchev–Trinajstić information content (AvgIpc) is 3.24. The zero-order valence-electron chi connectivity index (χ0n) is 21.5. The van der Waals surface area contributed by atoms with Gasteiger partial charge in [0.1, 0.15) is 11.4 Å². The van der Waals surface area contributed by atoms with Crippen LogP contribution in [-0.4, -0.2) is 49.0 Å². The first-order valence-corrected chi connectivity index (χ1v) is 13.1. The largest absolute Gasteiger partial charge is 0.354 e. The van der Waals surface area contributed by atoms with Gasteiger partial charge in [-0.25, -0.2) is 28.1 Å². The van der Waals surface area contributed by atoms with Gasteiger partial charge in [0.2, 0.25) is 0 Å². The smallest absolute Gasteiger partial charge is 0.334 e. The van der Waals surface area contributed by atoms with Gasteiger partial charge in [-0.1, -0.05) is 23.7 Å². The molecule has 1 fully saturated rings. The molecule has 0 unspecified atom stereocenters. The third kappa shape index (κ3) is 5.44. The van der Waals surface area contributed by atoms with Crippen molar-refractivity contribution < 1.29 is 18.4 Å². The molecule has 0 saturated heterocycles. The molecule has 208 valence electrons. The van der Waals surface area contributed by atoms with E-state index in [1.807, 2.05) is 24.3 Å². The number of alkyl halides is 2. The van der Waals surface area contributed by atoms with Crippen LogP contribution in [0.4, 0.5) is 8.78 Å². The Labute approximate surface area is 232 Å². The van der Waals surface area contributed by atoms with Crippen LogP contribution in [0.15, 0.2) is 53.7 Å². The SMILES string of the molecule is CNC(=O)c1cnc(-n2c(=O)n(CC3CCC(NC(=O)c4cc(Cl)cnc4C(F)F)CC3)c3ccccc32)cn1. The number of aromatic nitrogens is 5. The fourth-order valence-electron chi connectivity index (χ4n) is 5.10. The Hall–Kier alpha value is -4.19. The second-order valence-electron chi connectivity index (χ2n) is 9.63. The molecular weight excluding hydrogens is 544 g/mol. The van der Waals surface area contributed by atoms with Crippen LogP contribution in [0.5, 0.6) is 0 Å². The number of pyridine rings is 1. The summed E-state index contributed by atoms with van der Waals surface area (Å²) in [5.41, 5.74) is 0.457. The molecule has 0 bridgehead atoms. The third-order valence-electron chi connectivity index (χ3n) is 7.12. The topological polar surface area (TPSA) is 124 Å². The first kappa shape index (κ1) is 27.4. The molecule has 0 atom stereocenters. The number of amides is 2. The van der Waals surface area contributed by atoms with E-state index >= 15 is 0 Å². The summed E-state index contributed by atoms with van der Waals surface area (Å²) in [4.78, 5) is 50.2.